The number of carbonyl (C=O) groups excluding carboxylic acids is 1. The van der Waals surface area contributed by atoms with Gasteiger partial charge in [-0.1, -0.05) is 0 Å². The lowest BCUT2D eigenvalue weighted by Crippen LogP contribution is -2.69. The van der Waals surface area contributed by atoms with Crippen LogP contribution in [0.2, 0.25) is 0 Å². The second-order valence-electron chi connectivity index (χ2n) is 12.5. The third kappa shape index (κ3) is 8.68. The van der Waals surface area contributed by atoms with Crippen molar-refractivity contribution in [2.75, 3.05) is 33.5 Å². The number of nitrogens with one attached hydrogen (secondary N) is 1. The standard InChI is InChI=1S/C28H49NO20/c1-8-15(34)20(39)24(11(5-31)43-8)48-28-22(41)25(17(36)13(46-28)7-42-3)49-26-14(29-9(2)33)18(37)23(12(6-32)45-26)47-27-21(40)19(38)16(35)10(4-30)44-27/h8,10-28,30-32,34-41H,4-7H2,1-3H3,(H,29,33)/t8?,10?,11?,12?,13?,14?,15?,16-,17-,18?,19?,20?,21?,22?,23-,24+,25?,26-,27-,28-/m0/s1. The van der Waals surface area contributed by atoms with Crippen molar-refractivity contribution >= 4 is 5.91 Å². The average molecular weight is 720 g/mol. The second-order valence-corrected chi connectivity index (χ2v) is 12.5. The molecule has 1 amide bonds. The molecule has 0 aromatic carbocycles. The molecule has 4 aliphatic heterocycles. The quantitative estimate of drug-likeness (QED) is 0.0891. The maximum atomic E-state index is 12.2. The summed E-state index contributed by atoms with van der Waals surface area (Å²) < 4.78 is 44.9. The average Bonchev–Trinajstić information content (AvgIpc) is 3.07. The highest BCUT2D eigenvalue weighted by atomic mass is 16.8. The largest absolute Gasteiger partial charge is 0.394 e. The van der Waals surface area contributed by atoms with Gasteiger partial charge in [0.05, 0.1) is 32.5 Å². The highest BCUT2D eigenvalue weighted by Crippen LogP contribution is 2.34. The van der Waals surface area contributed by atoms with Crippen LogP contribution < -0.4 is 5.32 Å². The van der Waals surface area contributed by atoms with Crippen LogP contribution in [0.1, 0.15) is 13.8 Å². The summed E-state index contributed by atoms with van der Waals surface area (Å²) in [6.07, 6.45) is -30.0. The predicted octanol–water partition coefficient (Wildman–Crippen LogP) is -7.88. The molecule has 0 bridgehead atoms. The molecule has 0 radical (unpaired) electrons. The van der Waals surface area contributed by atoms with Crippen molar-refractivity contribution in [1.82, 2.24) is 5.32 Å². The van der Waals surface area contributed by atoms with Crippen molar-refractivity contribution in [3.63, 3.8) is 0 Å². The Kier molecular flexibility index (Phi) is 14.4. The van der Waals surface area contributed by atoms with Gasteiger partial charge in [-0.05, 0) is 6.92 Å². The number of methoxy groups -OCH3 is 1. The van der Waals surface area contributed by atoms with Crippen LogP contribution in [0.25, 0.3) is 0 Å². The van der Waals surface area contributed by atoms with E-state index in [1.165, 1.54) is 14.0 Å². The number of aliphatic hydroxyl groups excluding tert-OH is 11. The number of aliphatic hydroxyl groups is 11. The van der Waals surface area contributed by atoms with Crippen LogP contribution in [0.15, 0.2) is 0 Å². The maximum absolute atomic E-state index is 12.2. The first-order valence-corrected chi connectivity index (χ1v) is 15.8. The number of carbonyl (C=O) groups is 1. The van der Waals surface area contributed by atoms with Gasteiger partial charge in [-0.3, -0.25) is 4.79 Å². The maximum Gasteiger partial charge on any atom is 0.217 e. The van der Waals surface area contributed by atoms with E-state index in [-0.39, 0.29) is 6.61 Å². The molecule has 4 rings (SSSR count). The van der Waals surface area contributed by atoms with Crippen molar-refractivity contribution in [3.8, 4) is 0 Å². The molecule has 20 atom stereocenters. The molecule has 0 spiro atoms. The summed E-state index contributed by atoms with van der Waals surface area (Å²) in [6, 6.07) is -1.55. The zero-order valence-corrected chi connectivity index (χ0v) is 27.0. The zero-order chi connectivity index (χ0) is 36.3. The van der Waals surface area contributed by atoms with Gasteiger partial charge in [0, 0.05) is 14.0 Å². The van der Waals surface area contributed by atoms with Crippen molar-refractivity contribution in [1.29, 1.82) is 0 Å². The smallest absolute Gasteiger partial charge is 0.217 e. The predicted molar refractivity (Wildman–Crippen MR) is 154 cm³/mol. The Morgan fingerprint density at radius 3 is 1.65 bits per heavy atom. The molecule has 0 aromatic heterocycles. The summed E-state index contributed by atoms with van der Waals surface area (Å²) in [6.45, 7) is -0.0104. The molecule has 4 fully saturated rings. The molecule has 4 aliphatic rings. The van der Waals surface area contributed by atoms with E-state index in [1.807, 2.05) is 0 Å². The van der Waals surface area contributed by atoms with Gasteiger partial charge in [0.15, 0.2) is 18.9 Å². The minimum Gasteiger partial charge on any atom is -0.394 e. The summed E-state index contributed by atoms with van der Waals surface area (Å²) in [5, 5.41) is 118. The van der Waals surface area contributed by atoms with Gasteiger partial charge >= 0.3 is 0 Å². The molecule has 0 aliphatic carbocycles. The molecule has 49 heavy (non-hydrogen) atoms. The Labute approximate surface area is 280 Å². The highest BCUT2D eigenvalue weighted by Gasteiger charge is 2.55. The molecule has 21 nitrogen and oxygen atoms in total. The van der Waals surface area contributed by atoms with Crippen molar-refractivity contribution in [2.24, 2.45) is 0 Å². The molecular formula is C28H49NO20. The summed E-state index contributed by atoms with van der Waals surface area (Å²) >= 11 is 0. The normalized spacial score (nSPS) is 49.4. The summed E-state index contributed by atoms with van der Waals surface area (Å²) in [7, 11) is 1.29. The topological polar surface area (TPSA) is 325 Å². The molecule has 21 heteroatoms. The second kappa shape index (κ2) is 17.5. The fourth-order valence-electron chi connectivity index (χ4n) is 6.30. The van der Waals surface area contributed by atoms with Gasteiger partial charge < -0.3 is 99.4 Å². The van der Waals surface area contributed by atoms with Gasteiger partial charge in [0.2, 0.25) is 5.91 Å². The third-order valence-electron chi connectivity index (χ3n) is 9.02. The fourth-order valence-corrected chi connectivity index (χ4v) is 6.30. The molecule has 286 valence electrons. The van der Waals surface area contributed by atoms with Gasteiger partial charge in [-0.2, -0.15) is 0 Å². The molecule has 4 saturated heterocycles. The lowest BCUT2D eigenvalue weighted by atomic mass is 9.94. The molecule has 12 N–H and O–H groups in total. The first-order valence-electron chi connectivity index (χ1n) is 15.8. The van der Waals surface area contributed by atoms with Gasteiger partial charge in [-0.25, -0.2) is 0 Å². The Hall–Kier alpha value is -1.29. The van der Waals surface area contributed by atoms with Gasteiger partial charge in [0.25, 0.3) is 0 Å². The third-order valence-corrected chi connectivity index (χ3v) is 9.02. The van der Waals surface area contributed by atoms with Crippen LogP contribution in [0.5, 0.6) is 0 Å². The van der Waals surface area contributed by atoms with Crippen LogP contribution in [0.4, 0.5) is 0 Å². The van der Waals surface area contributed by atoms with Gasteiger partial charge in [0.1, 0.15) is 97.6 Å². The van der Waals surface area contributed by atoms with E-state index in [4.69, 9.17) is 37.9 Å². The number of rotatable bonds is 12. The van der Waals surface area contributed by atoms with E-state index < -0.39 is 148 Å². The fraction of sp³-hybridized carbons (Fsp3) is 0.964. The molecule has 4 heterocycles. The van der Waals surface area contributed by atoms with E-state index in [0.717, 1.165) is 6.92 Å². The Bertz CT molecular complexity index is 1040. The van der Waals surface area contributed by atoms with Crippen molar-refractivity contribution < 1.29 is 98.9 Å². The van der Waals surface area contributed by atoms with E-state index in [9.17, 15) is 61.0 Å². The van der Waals surface area contributed by atoms with Crippen molar-refractivity contribution in [3.05, 3.63) is 0 Å². The first kappa shape index (κ1) is 40.5. The van der Waals surface area contributed by atoms with Gasteiger partial charge in [-0.15, -0.1) is 0 Å². The lowest BCUT2D eigenvalue weighted by Gasteiger charge is -2.50. The monoisotopic (exact) mass is 719 g/mol. The Morgan fingerprint density at radius 2 is 1.08 bits per heavy atom. The Balaban J connectivity index is 1.57. The molecule has 0 aromatic rings. The minimum atomic E-state index is -1.90. The number of hydrogen-bond acceptors (Lipinski definition) is 20. The van der Waals surface area contributed by atoms with E-state index >= 15 is 0 Å². The molecule has 13 unspecified atom stereocenters. The van der Waals surface area contributed by atoms with E-state index in [1.54, 1.807) is 0 Å². The van der Waals surface area contributed by atoms with Crippen LogP contribution in [-0.2, 0) is 42.7 Å². The van der Waals surface area contributed by atoms with Crippen molar-refractivity contribution in [2.45, 2.75) is 136 Å². The highest BCUT2D eigenvalue weighted by molar-refractivity contribution is 5.73. The van der Waals surface area contributed by atoms with Crippen LogP contribution >= 0.6 is 0 Å². The van der Waals surface area contributed by atoms with E-state index in [0.29, 0.717) is 0 Å². The Morgan fingerprint density at radius 1 is 0.571 bits per heavy atom. The first-order chi connectivity index (χ1) is 23.2. The summed E-state index contributed by atoms with van der Waals surface area (Å²) in [4.78, 5) is 12.2. The SMILES string of the molecule is COCC1O[C@@H](O[C@@H]2C(CO)OC(C)C(O)C2O)C(O)C(O[C@@H]2OC(CO)[C@H](O[C@@H]3OC(CO)[C@H](O)C(O)C3O)C(O)C2NC(C)=O)[C@H]1O. The molecule has 0 saturated carbocycles. The summed E-state index contributed by atoms with van der Waals surface area (Å²) in [5.41, 5.74) is 0. The van der Waals surface area contributed by atoms with Crippen LogP contribution in [-0.4, -0.2) is 218 Å². The lowest BCUT2D eigenvalue weighted by molar-refractivity contribution is -0.376. The number of amides is 1. The van der Waals surface area contributed by atoms with Crippen LogP contribution in [0, 0.1) is 0 Å². The molecular weight excluding hydrogens is 670 g/mol. The zero-order valence-electron chi connectivity index (χ0n) is 27.0. The number of ether oxygens (including phenoxy) is 8. The summed E-state index contributed by atoms with van der Waals surface area (Å²) in [5.74, 6) is -0.712. The van der Waals surface area contributed by atoms with Crippen LogP contribution in [0.3, 0.4) is 0 Å². The van der Waals surface area contributed by atoms with E-state index in [2.05, 4.69) is 5.32 Å². The number of hydrogen-bond donors (Lipinski definition) is 12. The minimum absolute atomic E-state index is 0.280.